The molecule has 2 saturated heterocycles. The molecule has 2 heterocycles. The molecule has 6 heteroatoms. The van der Waals surface area contributed by atoms with Gasteiger partial charge in [0.05, 0.1) is 12.1 Å². The van der Waals surface area contributed by atoms with Gasteiger partial charge >= 0.3 is 12.0 Å². The van der Waals surface area contributed by atoms with Crippen molar-refractivity contribution in [2.45, 2.75) is 43.7 Å². The molecule has 16 heavy (non-hydrogen) atoms. The number of urea groups is 1. The SMILES string of the molecule is CCCCC(=O)OC1SC[C@@H]2NC(=O)N[C@H]12. The molecule has 0 aliphatic carbocycles. The molecule has 2 rings (SSSR count). The Kier molecular flexibility index (Phi) is 3.58. The average Bonchev–Trinajstić information content (AvgIpc) is 2.76. The Bertz CT molecular complexity index is 298. The maximum Gasteiger partial charge on any atom is 0.315 e. The maximum absolute atomic E-state index is 11.5. The van der Waals surface area contributed by atoms with Crippen molar-refractivity contribution in [2.24, 2.45) is 0 Å². The van der Waals surface area contributed by atoms with Crippen LogP contribution in [0.1, 0.15) is 26.2 Å². The second-order valence-corrected chi connectivity index (χ2v) is 5.18. The van der Waals surface area contributed by atoms with Crippen LogP contribution in [-0.4, -0.2) is 35.3 Å². The molecule has 2 fully saturated rings. The number of carbonyl (C=O) groups is 2. The predicted molar refractivity (Wildman–Crippen MR) is 61.1 cm³/mol. The average molecular weight is 244 g/mol. The smallest absolute Gasteiger partial charge is 0.315 e. The van der Waals surface area contributed by atoms with Crippen molar-refractivity contribution < 1.29 is 14.3 Å². The molecule has 0 saturated carbocycles. The molecule has 0 aromatic carbocycles. The van der Waals surface area contributed by atoms with E-state index in [4.69, 9.17) is 4.74 Å². The van der Waals surface area contributed by atoms with Gasteiger partial charge in [-0.2, -0.15) is 0 Å². The minimum absolute atomic E-state index is 0.0666. The molecular formula is C10H16N2O3S. The molecule has 1 unspecified atom stereocenters. The van der Waals surface area contributed by atoms with Gasteiger partial charge in [-0.25, -0.2) is 4.79 Å². The van der Waals surface area contributed by atoms with Crippen LogP contribution in [-0.2, 0) is 9.53 Å². The van der Waals surface area contributed by atoms with Crippen molar-refractivity contribution in [3.63, 3.8) is 0 Å². The summed E-state index contributed by atoms with van der Waals surface area (Å²) in [4.78, 5) is 22.5. The zero-order valence-electron chi connectivity index (χ0n) is 9.19. The van der Waals surface area contributed by atoms with Crippen molar-refractivity contribution in [1.82, 2.24) is 10.6 Å². The summed E-state index contributed by atoms with van der Waals surface area (Å²) in [5, 5.41) is 5.58. The normalized spacial score (nSPS) is 31.8. The van der Waals surface area contributed by atoms with Gasteiger partial charge < -0.3 is 15.4 Å². The molecule has 90 valence electrons. The number of thioether (sulfide) groups is 1. The molecule has 5 nitrogen and oxygen atoms in total. The van der Waals surface area contributed by atoms with Crippen LogP contribution in [0.2, 0.25) is 0 Å². The van der Waals surface area contributed by atoms with Gasteiger partial charge in [0.1, 0.15) is 0 Å². The van der Waals surface area contributed by atoms with E-state index in [0.717, 1.165) is 18.6 Å². The van der Waals surface area contributed by atoms with Crippen LogP contribution in [0.15, 0.2) is 0 Å². The Morgan fingerprint density at radius 1 is 1.56 bits per heavy atom. The van der Waals surface area contributed by atoms with Gasteiger partial charge in [0.2, 0.25) is 0 Å². The number of nitrogens with one attached hydrogen (secondary N) is 2. The number of fused-ring (bicyclic) bond motifs is 1. The van der Waals surface area contributed by atoms with Crippen molar-refractivity contribution in [3.05, 3.63) is 0 Å². The summed E-state index contributed by atoms with van der Waals surface area (Å²) in [6, 6.07) is -0.130. The lowest BCUT2D eigenvalue weighted by atomic mass is 10.2. The van der Waals surface area contributed by atoms with Crippen LogP contribution < -0.4 is 10.6 Å². The highest BCUT2D eigenvalue weighted by Gasteiger charge is 2.45. The summed E-state index contributed by atoms with van der Waals surface area (Å²) in [6.45, 7) is 2.04. The van der Waals surface area contributed by atoms with E-state index in [0.29, 0.717) is 6.42 Å². The van der Waals surface area contributed by atoms with E-state index < -0.39 is 0 Å². The van der Waals surface area contributed by atoms with Crippen LogP contribution in [0.3, 0.4) is 0 Å². The standard InChI is InChI=1S/C10H16N2O3S/c1-2-3-4-7(13)15-9-8-6(5-16-9)11-10(14)12-8/h6,8-9H,2-5H2,1H3,(H2,11,12,14)/t6-,8-,9?/m0/s1. The van der Waals surface area contributed by atoms with Gasteiger partial charge in [0.25, 0.3) is 0 Å². The molecular weight excluding hydrogens is 228 g/mol. The third-order valence-corrected chi connectivity index (χ3v) is 4.03. The topological polar surface area (TPSA) is 67.4 Å². The maximum atomic E-state index is 11.5. The summed E-state index contributed by atoms with van der Waals surface area (Å²) < 4.78 is 5.34. The highest BCUT2D eigenvalue weighted by atomic mass is 32.2. The molecule has 0 spiro atoms. The molecule has 0 bridgehead atoms. The van der Waals surface area contributed by atoms with E-state index in [1.807, 2.05) is 6.92 Å². The van der Waals surface area contributed by atoms with E-state index >= 15 is 0 Å². The van der Waals surface area contributed by atoms with Crippen molar-refractivity contribution in [1.29, 1.82) is 0 Å². The Morgan fingerprint density at radius 3 is 3.12 bits per heavy atom. The largest absolute Gasteiger partial charge is 0.449 e. The zero-order valence-corrected chi connectivity index (χ0v) is 10.0. The highest BCUT2D eigenvalue weighted by Crippen LogP contribution is 2.30. The first-order chi connectivity index (χ1) is 7.70. The summed E-state index contributed by atoms with van der Waals surface area (Å²) in [5.41, 5.74) is -0.228. The van der Waals surface area contributed by atoms with E-state index in [9.17, 15) is 9.59 Å². The van der Waals surface area contributed by atoms with Gasteiger partial charge in [-0.15, -0.1) is 11.8 Å². The van der Waals surface area contributed by atoms with Gasteiger partial charge in [-0.05, 0) is 6.42 Å². The Labute approximate surface area is 98.7 Å². The van der Waals surface area contributed by atoms with Gasteiger partial charge in [-0.3, -0.25) is 4.79 Å². The summed E-state index contributed by atoms with van der Waals surface area (Å²) in [5.74, 6) is 0.635. The van der Waals surface area contributed by atoms with Crippen LogP contribution in [0.5, 0.6) is 0 Å². The second kappa shape index (κ2) is 4.95. The van der Waals surface area contributed by atoms with E-state index in [1.54, 1.807) is 11.8 Å². The Hall–Kier alpha value is -0.910. The number of ether oxygens (including phenoxy) is 1. The van der Waals surface area contributed by atoms with Crippen molar-refractivity contribution >= 4 is 23.8 Å². The van der Waals surface area contributed by atoms with Crippen LogP contribution in [0, 0.1) is 0 Å². The summed E-state index contributed by atoms with van der Waals surface area (Å²) >= 11 is 1.58. The van der Waals surface area contributed by atoms with E-state index in [1.165, 1.54) is 0 Å². The lowest BCUT2D eigenvalue weighted by molar-refractivity contribution is -0.145. The van der Waals surface area contributed by atoms with Gasteiger partial charge in [-0.1, -0.05) is 13.3 Å². The van der Waals surface area contributed by atoms with Gasteiger partial charge in [0.15, 0.2) is 5.44 Å². The van der Waals surface area contributed by atoms with Gasteiger partial charge in [0, 0.05) is 12.2 Å². The quantitative estimate of drug-likeness (QED) is 0.568. The van der Waals surface area contributed by atoms with Crippen LogP contribution in [0.25, 0.3) is 0 Å². The fraction of sp³-hybridized carbons (Fsp3) is 0.800. The number of unbranched alkanes of at least 4 members (excludes halogenated alkanes) is 1. The van der Waals surface area contributed by atoms with Crippen LogP contribution >= 0.6 is 11.8 Å². The second-order valence-electron chi connectivity index (χ2n) is 4.05. The fourth-order valence-electron chi connectivity index (χ4n) is 1.87. The predicted octanol–water partition coefficient (Wildman–Crippen LogP) is 0.843. The zero-order chi connectivity index (χ0) is 11.5. The van der Waals surface area contributed by atoms with E-state index in [-0.39, 0.29) is 29.5 Å². The molecule has 0 radical (unpaired) electrons. The number of amides is 2. The minimum Gasteiger partial charge on any atom is -0.449 e. The van der Waals surface area contributed by atoms with Crippen molar-refractivity contribution in [2.75, 3.05) is 5.75 Å². The minimum atomic E-state index is -0.228. The molecule has 3 atom stereocenters. The Morgan fingerprint density at radius 2 is 2.38 bits per heavy atom. The third-order valence-electron chi connectivity index (χ3n) is 2.76. The number of esters is 1. The molecule has 0 aromatic heterocycles. The summed E-state index contributed by atoms with van der Waals surface area (Å²) in [7, 11) is 0. The first-order valence-corrected chi connectivity index (χ1v) is 6.63. The highest BCUT2D eigenvalue weighted by molar-refractivity contribution is 8.00. The monoisotopic (exact) mass is 244 g/mol. The molecule has 2 N–H and O–H groups in total. The first kappa shape index (κ1) is 11.6. The summed E-state index contributed by atoms with van der Waals surface area (Å²) in [6.07, 6.45) is 2.30. The lowest BCUT2D eigenvalue weighted by Crippen LogP contribution is -2.39. The van der Waals surface area contributed by atoms with Crippen LogP contribution in [0.4, 0.5) is 4.79 Å². The lowest BCUT2D eigenvalue weighted by Gasteiger charge is -2.17. The number of hydrogen-bond acceptors (Lipinski definition) is 4. The molecule has 2 amide bonds. The number of carbonyl (C=O) groups excluding carboxylic acids is 2. The van der Waals surface area contributed by atoms with E-state index in [2.05, 4.69) is 10.6 Å². The molecule has 2 aliphatic rings. The number of hydrogen-bond donors (Lipinski definition) is 2. The number of rotatable bonds is 4. The fourth-order valence-corrected chi connectivity index (χ4v) is 3.20. The Balaban J connectivity index is 1.82. The third kappa shape index (κ3) is 2.42. The van der Waals surface area contributed by atoms with Crippen molar-refractivity contribution in [3.8, 4) is 0 Å². The first-order valence-electron chi connectivity index (χ1n) is 5.59. The molecule has 0 aromatic rings. The molecule has 2 aliphatic heterocycles.